The Morgan fingerprint density at radius 1 is 1.19 bits per heavy atom. The molecule has 0 radical (unpaired) electrons. The molecule has 0 saturated heterocycles. The fourth-order valence-corrected chi connectivity index (χ4v) is 2.57. The summed E-state index contributed by atoms with van der Waals surface area (Å²) in [6, 6.07) is 14.9. The molecule has 0 spiro atoms. The molecular formula is C20H21N3O3. The maximum atomic E-state index is 12.1. The molecule has 1 N–H and O–H groups in total. The molecule has 1 heterocycles. The van der Waals surface area contributed by atoms with Crippen molar-refractivity contribution in [3.63, 3.8) is 0 Å². The number of nitrogens with one attached hydrogen (secondary N) is 1. The highest BCUT2D eigenvalue weighted by molar-refractivity contribution is 5.77. The zero-order valence-electron chi connectivity index (χ0n) is 15.0. The minimum Gasteiger partial charge on any atom is -0.484 e. The first-order valence-electron chi connectivity index (χ1n) is 8.41. The molecule has 6 nitrogen and oxygen atoms in total. The van der Waals surface area contributed by atoms with E-state index in [1.54, 1.807) is 6.92 Å². The van der Waals surface area contributed by atoms with E-state index in [9.17, 15) is 4.79 Å². The minimum absolute atomic E-state index is 0.0755. The molecule has 1 unspecified atom stereocenters. The molecule has 1 amide bonds. The molecule has 0 aliphatic carbocycles. The van der Waals surface area contributed by atoms with Gasteiger partial charge in [-0.1, -0.05) is 53.2 Å². The summed E-state index contributed by atoms with van der Waals surface area (Å²) in [5.74, 6) is 1.29. The van der Waals surface area contributed by atoms with E-state index in [-0.39, 0.29) is 12.5 Å². The number of carbonyl (C=O) groups excluding carboxylic acids is 1. The van der Waals surface area contributed by atoms with Crippen LogP contribution in [0.3, 0.4) is 0 Å². The lowest BCUT2D eigenvalue weighted by molar-refractivity contribution is -0.123. The highest BCUT2D eigenvalue weighted by atomic mass is 16.5. The normalized spacial score (nSPS) is 11.8. The maximum absolute atomic E-state index is 12.1. The van der Waals surface area contributed by atoms with Crippen molar-refractivity contribution in [1.29, 1.82) is 0 Å². The van der Waals surface area contributed by atoms with E-state index in [1.165, 1.54) is 0 Å². The first kappa shape index (κ1) is 17.7. The summed E-state index contributed by atoms with van der Waals surface area (Å²) in [5, 5.41) is 6.76. The Morgan fingerprint density at radius 2 is 1.96 bits per heavy atom. The first-order chi connectivity index (χ1) is 12.5. The Morgan fingerprint density at radius 3 is 2.69 bits per heavy atom. The zero-order valence-corrected chi connectivity index (χ0v) is 15.0. The number of hydrogen-bond donors (Lipinski definition) is 1. The standard InChI is InChI=1S/C20H21N3O3/c1-13-9-10-17(14(2)11-13)25-12-18(24)21-15(3)20-22-19(23-26-20)16-7-5-4-6-8-16/h4-11,15H,12H2,1-3H3,(H,21,24). The Bertz CT molecular complexity index is 890. The number of ether oxygens (including phenoxy) is 1. The quantitative estimate of drug-likeness (QED) is 0.734. The maximum Gasteiger partial charge on any atom is 0.258 e. The molecule has 134 valence electrons. The summed E-state index contributed by atoms with van der Waals surface area (Å²) in [5.41, 5.74) is 3.01. The van der Waals surface area contributed by atoms with Crippen LogP contribution in [0.5, 0.6) is 5.75 Å². The number of aromatic nitrogens is 2. The van der Waals surface area contributed by atoms with Gasteiger partial charge in [0, 0.05) is 5.56 Å². The van der Waals surface area contributed by atoms with Crippen molar-refractivity contribution in [3.05, 3.63) is 65.5 Å². The van der Waals surface area contributed by atoms with E-state index in [1.807, 2.05) is 62.4 Å². The SMILES string of the molecule is Cc1ccc(OCC(=O)NC(C)c2nc(-c3ccccc3)no2)c(C)c1. The first-order valence-corrected chi connectivity index (χ1v) is 8.41. The Kier molecular flexibility index (Phi) is 5.31. The molecule has 0 aliphatic heterocycles. The number of amides is 1. The van der Waals surface area contributed by atoms with Gasteiger partial charge in [-0.2, -0.15) is 4.98 Å². The summed E-state index contributed by atoms with van der Waals surface area (Å²) in [6.45, 7) is 5.68. The summed E-state index contributed by atoms with van der Waals surface area (Å²) in [4.78, 5) is 16.5. The van der Waals surface area contributed by atoms with E-state index in [0.29, 0.717) is 17.5 Å². The second kappa shape index (κ2) is 7.82. The molecule has 3 aromatic rings. The van der Waals surface area contributed by atoms with Crippen molar-refractivity contribution in [1.82, 2.24) is 15.5 Å². The van der Waals surface area contributed by atoms with Crippen LogP contribution in [0, 0.1) is 13.8 Å². The number of carbonyl (C=O) groups is 1. The molecule has 26 heavy (non-hydrogen) atoms. The highest BCUT2D eigenvalue weighted by Crippen LogP contribution is 2.19. The van der Waals surface area contributed by atoms with Crippen LogP contribution in [-0.4, -0.2) is 22.7 Å². The van der Waals surface area contributed by atoms with Crippen molar-refractivity contribution in [2.75, 3.05) is 6.61 Å². The van der Waals surface area contributed by atoms with Crippen LogP contribution in [-0.2, 0) is 4.79 Å². The third-order valence-electron chi connectivity index (χ3n) is 3.91. The van der Waals surface area contributed by atoms with Gasteiger partial charge < -0.3 is 14.6 Å². The molecule has 6 heteroatoms. The number of aryl methyl sites for hydroxylation is 2. The molecule has 0 aliphatic rings. The van der Waals surface area contributed by atoms with Gasteiger partial charge in [0.05, 0.1) is 0 Å². The van der Waals surface area contributed by atoms with Crippen molar-refractivity contribution in [3.8, 4) is 17.1 Å². The third-order valence-corrected chi connectivity index (χ3v) is 3.91. The summed E-state index contributed by atoms with van der Waals surface area (Å²) in [7, 11) is 0. The van der Waals surface area contributed by atoms with Crippen LogP contribution in [0.15, 0.2) is 53.1 Å². The van der Waals surface area contributed by atoms with Crippen LogP contribution in [0.25, 0.3) is 11.4 Å². The van der Waals surface area contributed by atoms with Crippen molar-refractivity contribution in [2.24, 2.45) is 0 Å². The van der Waals surface area contributed by atoms with Gasteiger partial charge in [0.25, 0.3) is 5.91 Å². The van der Waals surface area contributed by atoms with Gasteiger partial charge in [-0.15, -0.1) is 0 Å². The lowest BCUT2D eigenvalue weighted by Gasteiger charge is -2.12. The number of nitrogens with zero attached hydrogens (tertiary/aromatic N) is 2. The molecule has 2 aromatic carbocycles. The van der Waals surface area contributed by atoms with Gasteiger partial charge in [0.2, 0.25) is 11.7 Å². The van der Waals surface area contributed by atoms with Crippen LogP contribution >= 0.6 is 0 Å². The van der Waals surface area contributed by atoms with Gasteiger partial charge in [-0.25, -0.2) is 0 Å². The fraction of sp³-hybridized carbons (Fsp3) is 0.250. The van der Waals surface area contributed by atoms with E-state index in [0.717, 1.165) is 16.7 Å². The van der Waals surface area contributed by atoms with E-state index in [2.05, 4.69) is 15.5 Å². The highest BCUT2D eigenvalue weighted by Gasteiger charge is 2.17. The lowest BCUT2D eigenvalue weighted by Crippen LogP contribution is -2.31. The smallest absolute Gasteiger partial charge is 0.258 e. The minimum atomic E-state index is -0.407. The van der Waals surface area contributed by atoms with Crippen molar-refractivity contribution < 1.29 is 14.1 Å². The number of rotatable bonds is 6. The van der Waals surface area contributed by atoms with Crippen LogP contribution < -0.4 is 10.1 Å². The van der Waals surface area contributed by atoms with E-state index in [4.69, 9.17) is 9.26 Å². The lowest BCUT2D eigenvalue weighted by atomic mass is 10.1. The van der Waals surface area contributed by atoms with Crippen molar-refractivity contribution >= 4 is 5.91 Å². The average molecular weight is 351 g/mol. The predicted molar refractivity (Wildman–Crippen MR) is 97.7 cm³/mol. The summed E-state index contributed by atoms with van der Waals surface area (Å²) in [6.07, 6.45) is 0. The predicted octanol–water partition coefficient (Wildman–Crippen LogP) is 3.61. The zero-order chi connectivity index (χ0) is 18.5. The summed E-state index contributed by atoms with van der Waals surface area (Å²) < 4.78 is 10.8. The molecule has 0 bridgehead atoms. The molecular weight excluding hydrogens is 330 g/mol. The van der Waals surface area contributed by atoms with Gasteiger partial charge in [-0.3, -0.25) is 4.79 Å². The second-order valence-electron chi connectivity index (χ2n) is 6.17. The Balaban J connectivity index is 1.57. The molecule has 3 rings (SSSR count). The van der Waals surface area contributed by atoms with E-state index >= 15 is 0 Å². The number of hydrogen-bond acceptors (Lipinski definition) is 5. The average Bonchev–Trinajstić information content (AvgIpc) is 3.12. The van der Waals surface area contributed by atoms with E-state index < -0.39 is 6.04 Å². The Hall–Kier alpha value is -3.15. The van der Waals surface area contributed by atoms with Crippen LogP contribution in [0.4, 0.5) is 0 Å². The molecule has 1 aromatic heterocycles. The molecule has 0 saturated carbocycles. The van der Waals surface area contributed by atoms with Crippen LogP contribution in [0.1, 0.15) is 30.0 Å². The fourth-order valence-electron chi connectivity index (χ4n) is 2.57. The van der Waals surface area contributed by atoms with Gasteiger partial charge in [0.1, 0.15) is 11.8 Å². The topological polar surface area (TPSA) is 77.2 Å². The Labute approximate surface area is 152 Å². The van der Waals surface area contributed by atoms with Crippen molar-refractivity contribution in [2.45, 2.75) is 26.8 Å². The van der Waals surface area contributed by atoms with Gasteiger partial charge in [-0.05, 0) is 32.4 Å². The molecule has 0 fully saturated rings. The monoisotopic (exact) mass is 351 g/mol. The number of benzene rings is 2. The van der Waals surface area contributed by atoms with Gasteiger partial charge in [0.15, 0.2) is 6.61 Å². The largest absolute Gasteiger partial charge is 0.484 e. The summed E-state index contributed by atoms with van der Waals surface area (Å²) >= 11 is 0. The third kappa shape index (κ3) is 4.27. The second-order valence-corrected chi connectivity index (χ2v) is 6.17. The molecule has 1 atom stereocenters. The van der Waals surface area contributed by atoms with Crippen LogP contribution in [0.2, 0.25) is 0 Å². The van der Waals surface area contributed by atoms with Gasteiger partial charge >= 0.3 is 0 Å².